The second kappa shape index (κ2) is 40.2. The van der Waals surface area contributed by atoms with Crippen molar-refractivity contribution >= 4 is 23.5 Å². The minimum atomic E-state index is -0.533. The maximum absolute atomic E-state index is 12.9. The molecule has 0 bridgehead atoms. The van der Waals surface area contributed by atoms with Gasteiger partial charge in [-0.15, -0.1) is 0 Å². The second-order valence-electron chi connectivity index (χ2n) is 17.7. The standard InChI is InChI=1S/C51H95N3O7/c1-6-10-13-16-20-27-35-44(9-4)61-51(58)59-43-33-26-25-32-41-54(42-34-39-53-48-47(52-5)49(56)50(48)57)40-31-24-19-23-30-38-46(55)60-45(36-28-21-17-14-11-7-2)37-29-22-18-15-12-8-3/h44-45,52-53H,6-43H2,1-5H3. The largest absolute Gasteiger partial charge is 0.508 e. The fourth-order valence-corrected chi connectivity index (χ4v) is 8.21. The van der Waals surface area contributed by atoms with E-state index in [4.69, 9.17) is 14.2 Å². The van der Waals surface area contributed by atoms with Crippen LogP contribution in [0.2, 0.25) is 0 Å². The van der Waals surface area contributed by atoms with E-state index < -0.39 is 17.0 Å². The third kappa shape index (κ3) is 30.2. The number of nitrogens with one attached hydrogen (secondary N) is 2. The first-order valence-electron chi connectivity index (χ1n) is 25.8. The van der Waals surface area contributed by atoms with Crippen LogP contribution >= 0.6 is 0 Å². The fourth-order valence-electron chi connectivity index (χ4n) is 8.21. The Labute approximate surface area is 373 Å². The Balaban J connectivity index is 2.41. The van der Waals surface area contributed by atoms with Crippen LogP contribution in [0.15, 0.2) is 9.59 Å². The van der Waals surface area contributed by atoms with Gasteiger partial charge in [-0.1, -0.05) is 156 Å². The van der Waals surface area contributed by atoms with Crippen LogP contribution in [0.1, 0.15) is 240 Å². The summed E-state index contributed by atoms with van der Waals surface area (Å²) in [5, 5.41) is 6.00. The molecule has 61 heavy (non-hydrogen) atoms. The Hall–Kier alpha value is -2.62. The van der Waals surface area contributed by atoms with Crippen LogP contribution in [0, 0.1) is 0 Å². The van der Waals surface area contributed by atoms with Crippen LogP contribution in [0.4, 0.5) is 16.2 Å². The molecule has 0 aromatic heterocycles. The number of unbranched alkanes of at least 4 members (excludes halogenated alkanes) is 22. The van der Waals surface area contributed by atoms with E-state index in [9.17, 15) is 19.2 Å². The molecule has 0 fully saturated rings. The van der Waals surface area contributed by atoms with Gasteiger partial charge in [0.15, 0.2) is 0 Å². The third-order valence-electron chi connectivity index (χ3n) is 12.2. The number of carbonyl (C=O) groups is 2. The highest BCUT2D eigenvalue weighted by molar-refractivity contribution is 5.73. The van der Waals surface area contributed by atoms with Crippen molar-refractivity contribution in [3.63, 3.8) is 0 Å². The van der Waals surface area contributed by atoms with Crippen LogP contribution in [0.25, 0.3) is 0 Å². The average Bonchev–Trinajstić information content (AvgIpc) is 3.26. The van der Waals surface area contributed by atoms with Gasteiger partial charge in [-0.2, -0.15) is 0 Å². The van der Waals surface area contributed by atoms with Crippen molar-refractivity contribution in [1.29, 1.82) is 0 Å². The number of hydrogen-bond acceptors (Lipinski definition) is 10. The molecule has 0 radical (unpaired) electrons. The number of esters is 1. The summed E-state index contributed by atoms with van der Waals surface area (Å²) in [7, 11) is 1.66. The lowest BCUT2D eigenvalue weighted by Crippen LogP contribution is -2.37. The number of carbonyl (C=O) groups excluding carboxylic acids is 2. The predicted octanol–water partition coefficient (Wildman–Crippen LogP) is 13.4. The molecule has 356 valence electrons. The van der Waals surface area contributed by atoms with Gasteiger partial charge in [-0.25, -0.2) is 4.79 Å². The molecule has 0 aliphatic heterocycles. The second-order valence-corrected chi connectivity index (χ2v) is 17.7. The van der Waals surface area contributed by atoms with Gasteiger partial charge in [0.1, 0.15) is 23.6 Å². The van der Waals surface area contributed by atoms with Gasteiger partial charge < -0.3 is 29.7 Å². The van der Waals surface area contributed by atoms with Gasteiger partial charge in [0, 0.05) is 20.0 Å². The number of ether oxygens (including phenoxy) is 3. The average molecular weight is 862 g/mol. The predicted molar refractivity (Wildman–Crippen MR) is 257 cm³/mol. The van der Waals surface area contributed by atoms with E-state index in [0.29, 0.717) is 30.9 Å². The highest BCUT2D eigenvalue weighted by Crippen LogP contribution is 2.19. The van der Waals surface area contributed by atoms with Crippen molar-refractivity contribution < 1.29 is 23.8 Å². The zero-order chi connectivity index (χ0) is 44.6. The molecule has 1 rings (SSSR count). The SMILES string of the molecule is CCCCCCCCC(CCCCCCCC)OC(=O)CCCCCCCN(CCCCCCOC(=O)OC(CC)CCCCCCCC)CCCNc1c(NC)c(=O)c1=O. The Morgan fingerprint density at radius 1 is 0.508 bits per heavy atom. The van der Waals surface area contributed by atoms with E-state index in [1.54, 1.807) is 7.05 Å². The van der Waals surface area contributed by atoms with Crippen molar-refractivity contribution in [2.45, 2.75) is 252 Å². The highest BCUT2D eigenvalue weighted by Gasteiger charge is 2.19. The maximum Gasteiger partial charge on any atom is 0.508 e. The van der Waals surface area contributed by atoms with Gasteiger partial charge in [-0.3, -0.25) is 14.4 Å². The van der Waals surface area contributed by atoms with Crippen LogP contribution < -0.4 is 21.5 Å². The van der Waals surface area contributed by atoms with Gasteiger partial charge in [0.25, 0.3) is 10.9 Å². The first-order valence-corrected chi connectivity index (χ1v) is 25.8. The van der Waals surface area contributed by atoms with E-state index >= 15 is 0 Å². The van der Waals surface area contributed by atoms with Crippen molar-refractivity contribution in [1.82, 2.24) is 4.90 Å². The van der Waals surface area contributed by atoms with Crippen LogP contribution in [0.5, 0.6) is 0 Å². The Morgan fingerprint density at radius 3 is 1.48 bits per heavy atom. The Morgan fingerprint density at radius 2 is 0.951 bits per heavy atom. The molecule has 0 aliphatic carbocycles. The lowest BCUT2D eigenvalue weighted by molar-refractivity contribution is -0.150. The minimum absolute atomic E-state index is 0.0113. The molecule has 1 aromatic carbocycles. The van der Waals surface area contributed by atoms with Crippen LogP contribution in [0.3, 0.4) is 0 Å². The van der Waals surface area contributed by atoms with E-state index in [2.05, 4.69) is 43.2 Å². The molecular weight excluding hydrogens is 767 g/mol. The molecule has 10 nitrogen and oxygen atoms in total. The fraction of sp³-hybridized carbons (Fsp3) is 0.882. The summed E-state index contributed by atoms with van der Waals surface area (Å²) >= 11 is 0. The summed E-state index contributed by atoms with van der Waals surface area (Å²) < 4.78 is 17.1. The number of anilines is 2. The molecule has 0 heterocycles. The van der Waals surface area contributed by atoms with Gasteiger partial charge in [-0.05, 0) is 96.7 Å². The van der Waals surface area contributed by atoms with E-state index in [0.717, 1.165) is 129 Å². The molecule has 0 saturated heterocycles. The van der Waals surface area contributed by atoms with Gasteiger partial charge >= 0.3 is 12.1 Å². The number of nitrogens with zero attached hydrogens (tertiary/aromatic N) is 1. The minimum Gasteiger partial charge on any atom is -0.462 e. The molecule has 0 amide bonds. The normalized spacial score (nSPS) is 12.0. The van der Waals surface area contributed by atoms with Gasteiger partial charge in [0.2, 0.25) is 0 Å². The first-order chi connectivity index (χ1) is 29.8. The summed E-state index contributed by atoms with van der Waals surface area (Å²) in [6, 6.07) is 0. The molecular formula is C51H95N3O7. The molecule has 2 N–H and O–H groups in total. The molecule has 0 saturated carbocycles. The smallest absolute Gasteiger partial charge is 0.462 e. The summed E-state index contributed by atoms with van der Waals surface area (Å²) in [4.78, 5) is 51.4. The lowest BCUT2D eigenvalue weighted by Gasteiger charge is -2.23. The van der Waals surface area contributed by atoms with Crippen molar-refractivity contribution in [2.75, 3.05) is 50.5 Å². The van der Waals surface area contributed by atoms with Crippen molar-refractivity contribution in [3.05, 3.63) is 20.4 Å². The highest BCUT2D eigenvalue weighted by atomic mass is 16.7. The summed E-state index contributed by atoms with van der Waals surface area (Å²) in [6.07, 6.45) is 36.4. The number of rotatable bonds is 45. The summed E-state index contributed by atoms with van der Waals surface area (Å²) in [5.74, 6) is -0.0113. The van der Waals surface area contributed by atoms with Crippen molar-refractivity contribution in [3.8, 4) is 0 Å². The molecule has 10 heteroatoms. The zero-order valence-electron chi connectivity index (χ0n) is 40.3. The van der Waals surface area contributed by atoms with E-state index in [1.165, 1.54) is 96.3 Å². The van der Waals surface area contributed by atoms with E-state index in [-0.39, 0.29) is 18.2 Å². The van der Waals surface area contributed by atoms with Crippen molar-refractivity contribution in [2.24, 2.45) is 0 Å². The van der Waals surface area contributed by atoms with Crippen LogP contribution in [-0.4, -0.2) is 69.1 Å². The maximum atomic E-state index is 12.9. The zero-order valence-corrected chi connectivity index (χ0v) is 40.3. The molecule has 0 spiro atoms. The number of hydrogen-bond donors (Lipinski definition) is 2. The Kier molecular flexibility index (Phi) is 37.1. The Bertz CT molecular complexity index is 1230. The van der Waals surface area contributed by atoms with Crippen LogP contribution in [-0.2, 0) is 19.0 Å². The molecule has 0 aliphatic rings. The monoisotopic (exact) mass is 862 g/mol. The molecule has 1 aromatic rings. The quantitative estimate of drug-likeness (QED) is 0.0372. The topological polar surface area (TPSA) is 123 Å². The van der Waals surface area contributed by atoms with E-state index in [1.807, 2.05) is 0 Å². The summed E-state index contributed by atoms with van der Waals surface area (Å²) in [6.45, 7) is 12.7. The summed E-state index contributed by atoms with van der Waals surface area (Å²) in [5.41, 5.74) is -0.100. The third-order valence-corrected chi connectivity index (χ3v) is 12.2. The molecule has 1 unspecified atom stereocenters. The molecule has 1 atom stereocenters. The van der Waals surface area contributed by atoms with Gasteiger partial charge in [0.05, 0.1) is 6.61 Å². The lowest BCUT2D eigenvalue weighted by atomic mass is 10.0. The first kappa shape index (κ1) is 56.4.